The van der Waals surface area contributed by atoms with E-state index in [1.54, 1.807) is 6.92 Å². The van der Waals surface area contributed by atoms with Crippen molar-refractivity contribution in [2.45, 2.75) is 79.0 Å². The fourth-order valence-electron chi connectivity index (χ4n) is 5.46. The van der Waals surface area contributed by atoms with Gasteiger partial charge >= 0.3 is 5.97 Å². The Kier molecular flexibility index (Phi) is 12.7. The molecular formula is C37H48N2O5. The lowest BCUT2D eigenvalue weighted by Gasteiger charge is -2.33. The summed E-state index contributed by atoms with van der Waals surface area (Å²) in [4.78, 5) is 40.3. The third-order valence-electron chi connectivity index (χ3n) is 7.91. The highest BCUT2D eigenvalue weighted by molar-refractivity contribution is 5.92. The number of esters is 1. The summed E-state index contributed by atoms with van der Waals surface area (Å²) < 4.78 is 10.8. The van der Waals surface area contributed by atoms with Crippen molar-refractivity contribution < 1.29 is 23.9 Å². The molecule has 3 aromatic rings. The molecule has 0 unspecified atom stereocenters. The maximum absolute atomic E-state index is 13.9. The molecule has 0 bridgehead atoms. The van der Waals surface area contributed by atoms with Crippen molar-refractivity contribution >= 4 is 17.8 Å². The van der Waals surface area contributed by atoms with Crippen LogP contribution in [0.5, 0.6) is 0 Å². The van der Waals surface area contributed by atoms with Crippen molar-refractivity contribution in [2.24, 2.45) is 11.3 Å². The van der Waals surface area contributed by atoms with Crippen molar-refractivity contribution in [2.75, 3.05) is 13.7 Å². The molecule has 3 aromatic carbocycles. The molecule has 2 amide bonds. The van der Waals surface area contributed by atoms with E-state index in [0.717, 1.165) is 17.5 Å². The largest absolute Gasteiger partial charge is 0.467 e. The molecule has 0 spiro atoms. The Labute approximate surface area is 262 Å². The van der Waals surface area contributed by atoms with E-state index in [4.69, 9.17) is 9.47 Å². The Bertz CT molecular complexity index is 1370. The van der Waals surface area contributed by atoms with Crippen molar-refractivity contribution in [3.63, 3.8) is 0 Å². The maximum Gasteiger partial charge on any atom is 0.335 e. The Morgan fingerprint density at radius 2 is 1.50 bits per heavy atom. The number of ether oxygens (including phenoxy) is 2. The Hall–Kier alpha value is -3.97. The topological polar surface area (TPSA) is 93.7 Å². The molecule has 0 saturated heterocycles. The fourth-order valence-corrected chi connectivity index (χ4v) is 5.46. The fraction of sp³-hybridized carbons (Fsp3) is 0.432. The first-order valence-corrected chi connectivity index (χ1v) is 15.5. The number of benzene rings is 3. The predicted molar refractivity (Wildman–Crippen MR) is 175 cm³/mol. The van der Waals surface area contributed by atoms with Gasteiger partial charge in [-0.3, -0.25) is 9.59 Å². The van der Waals surface area contributed by atoms with Crippen LogP contribution >= 0.6 is 0 Å². The summed E-state index contributed by atoms with van der Waals surface area (Å²) in [5.41, 5.74) is 5.04. The van der Waals surface area contributed by atoms with Crippen LogP contribution in [-0.4, -0.2) is 43.6 Å². The van der Waals surface area contributed by atoms with Gasteiger partial charge in [-0.1, -0.05) is 99.6 Å². The number of methoxy groups -OCH3 is 1. The van der Waals surface area contributed by atoms with E-state index in [0.29, 0.717) is 12.8 Å². The van der Waals surface area contributed by atoms with Gasteiger partial charge in [0.2, 0.25) is 11.8 Å². The van der Waals surface area contributed by atoms with E-state index in [1.807, 2.05) is 76.2 Å². The number of carbonyl (C=O) groups is 3. The minimum atomic E-state index is -1.08. The predicted octanol–water partition coefficient (Wildman–Crippen LogP) is 6.59. The van der Waals surface area contributed by atoms with Crippen LogP contribution in [0.4, 0.5) is 0 Å². The van der Waals surface area contributed by atoms with Crippen LogP contribution in [0.2, 0.25) is 0 Å². The molecule has 0 aliphatic rings. The molecule has 4 atom stereocenters. The van der Waals surface area contributed by atoms with Crippen molar-refractivity contribution in [1.29, 1.82) is 0 Å². The summed E-state index contributed by atoms with van der Waals surface area (Å²) in [6, 6.07) is 25.3. The van der Waals surface area contributed by atoms with Crippen LogP contribution in [0.15, 0.2) is 78.9 Å². The van der Waals surface area contributed by atoms with Crippen molar-refractivity contribution in [3.05, 3.63) is 95.6 Å². The number of amides is 2. The summed E-state index contributed by atoms with van der Waals surface area (Å²) in [5, 5.41) is 6.02. The van der Waals surface area contributed by atoms with E-state index in [9.17, 15) is 14.4 Å². The van der Waals surface area contributed by atoms with Crippen molar-refractivity contribution in [3.8, 4) is 11.1 Å². The Balaban J connectivity index is 1.78. The first-order chi connectivity index (χ1) is 21.0. The Morgan fingerprint density at radius 1 is 0.864 bits per heavy atom. The third kappa shape index (κ3) is 9.52. The van der Waals surface area contributed by atoms with Gasteiger partial charge in [-0.25, -0.2) is 4.79 Å². The monoisotopic (exact) mass is 600 g/mol. The average molecular weight is 601 g/mol. The molecule has 0 heterocycles. The normalized spacial score (nSPS) is 14.2. The van der Waals surface area contributed by atoms with Gasteiger partial charge in [0.05, 0.1) is 19.1 Å². The molecule has 44 heavy (non-hydrogen) atoms. The van der Waals surface area contributed by atoms with Gasteiger partial charge in [0.25, 0.3) is 0 Å². The molecule has 0 saturated carbocycles. The maximum atomic E-state index is 13.9. The zero-order valence-corrected chi connectivity index (χ0v) is 27.2. The molecule has 7 nitrogen and oxygen atoms in total. The standard InChI is InChI=1S/C37H48N2O5/c1-8-44-32(36(42)43-7)31(21-15-16-27-22-23-30(25(2)24-27)29-19-13-10-14-20-29)34(40)39-33(37(4,5)6)35(41)38-26(3)28-17-11-9-12-18-28/h9-14,17-20,22-24,26,31-33H,8,15-16,21H2,1-7H3,(H,38,41)(H,39,40)/t26-,31-,32+,33-/m1/s1. The molecule has 0 fully saturated rings. The lowest BCUT2D eigenvalue weighted by Crippen LogP contribution is -2.56. The second-order valence-corrected chi connectivity index (χ2v) is 12.4. The summed E-state index contributed by atoms with van der Waals surface area (Å²) in [7, 11) is 1.29. The molecule has 0 aliphatic heterocycles. The minimum absolute atomic E-state index is 0.238. The first-order valence-electron chi connectivity index (χ1n) is 15.5. The molecule has 7 heteroatoms. The van der Waals surface area contributed by atoms with E-state index in [1.165, 1.54) is 23.8 Å². The number of rotatable bonds is 14. The van der Waals surface area contributed by atoms with Crippen LogP contribution < -0.4 is 10.6 Å². The van der Waals surface area contributed by atoms with Crippen LogP contribution in [0, 0.1) is 18.3 Å². The van der Waals surface area contributed by atoms with Gasteiger partial charge in [0.15, 0.2) is 6.10 Å². The van der Waals surface area contributed by atoms with E-state index < -0.39 is 35.4 Å². The summed E-state index contributed by atoms with van der Waals surface area (Å²) in [5.74, 6) is -2.14. The van der Waals surface area contributed by atoms with Crippen molar-refractivity contribution in [1.82, 2.24) is 10.6 Å². The Morgan fingerprint density at radius 3 is 2.07 bits per heavy atom. The molecule has 2 N–H and O–H groups in total. The van der Waals surface area contributed by atoms with Gasteiger partial charge < -0.3 is 20.1 Å². The van der Waals surface area contributed by atoms with E-state index >= 15 is 0 Å². The molecule has 3 rings (SSSR count). The summed E-state index contributed by atoms with van der Waals surface area (Å²) >= 11 is 0. The molecular weight excluding hydrogens is 552 g/mol. The molecule has 0 aromatic heterocycles. The highest BCUT2D eigenvalue weighted by Gasteiger charge is 2.39. The molecule has 0 aliphatic carbocycles. The van der Waals surface area contributed by atoms with Gasteiger partial charge in [-0.05, 0) is 73.3 Å². The van der Waals surface area contributed by atoms with Gasteiger partial charge in [-0.15, -0.1) is 0 Å². The van der Waals surface area contributed by atoms with Crippen LogP contribution in [0.1, 0.15) is 70.2 Å². The number of aryl methyl sites for hydroxylation is 2. The van der Waals surface area contributed by atoms with E-state index in [-0.39, 0.29) is 18.6 Å². The zero-order chi connectivity index (χ0) is 32.3. The number of carbonyl (C=O) groups excluding carboxylic acids is 3. The van der Waals surface area contributed by atoms with Gasteiger partial charge in [0, 0.05) is 6.61 Å². The second kappa shape index (κ2) is 16.2. The smallest absolute Gasteiger partial charge is 0.335 e. The quantitative estimate of drug-likeness (QED) is 0.204. The first kappa shape index (κ1) is 34.5. The average Bonchev–Trinajstić information content (AvgIpc) is 3.00. The second-order valence-electron chi connectivity index (χ2n) is 12.4. The molecule has 0 radical (unpaired) electrons. The van der Waals surface area contributed by atoms with Gasteiger partial charge in [-0.2, -0.15) is 0 Å². The highest BCUT2D eigenvalue weighted by atomic mass is 16.6. The van der Waals surface area contributed by atoms with Crippen LogP contribution in [-0.2, 0) is 30.3 Å². The summed E-state index contributed by atoms with van der Waals surface area (Å²) in [6.45, 7) is 11.7. The SMILES string of the molecule is CCO[C@H](C(=O)OC)[C@@H](CCCc1ccc(-c2ccccc2)c(C)c1)C(=O)N[C@H](C(=O)N[C@H](C)c1ccccc1)C(C)(C)C. The number of nitrogens with one attached hydrogen (secondary N) is 2. The zero-order valence-electron chi connectivity index (χ0n) is 27.2. The lowest BCUT2D eigenvalue weighted by molar-refractivity contribution is -0.161. The summed E-state index contributed by atoms with van der Waals surface area (Å²) in [6.07, 6.45) is 0.654. The third-order valence-corrected chi connectivity index (χ3v) is 7.91. The van der Waals surface area contributed by atoms with Crippen LogP contribution in [0.25, 0.3) is 11.1 Å². The number of hydrogen-bond donors (Lipinski definition) is 2. The van der Waals surface area contributed by atoms with Crippen LogP contribution in [0.3, 0.4) is 0 Å². The van der Waals surface area contributed by atoms with E-state index in [2.05, 4.69) is 47.9 Å². The minimum Gasteiger partial charge on any atom is -0.467 e. The number of hydrogen-bond acceptors (Lipinski definition) is 5. The lowest BCUT2D eigenvalue weighted by atomic mass is 9.84. The van der Waals surface area contributed by atoms with Gasteiger partial charge in [0.1, 0.15) is 6.04 Å². The highest BCUT2D eigenvalue weighted by Crippen LogP contribution is 2.27. The molecule has 236 valence electrons.